The smallest absolute Gasteiger partial charge is 0.262 e. The predicted molar refractivity (Wildman–Crippen MR) is 89.2 cm³/mol. The molecule has 0 saturated carbocycles. The van der Waals surface area contributed by atoms with Crippen molar-refractivity contribution in [2.24, 2.45) is 0 Å². The molecule has 5 nitrogen and oxygen atoms in total. The fourth-order valence-electron chi connectivity index (χ4n) is 3.46. The number of nitrogens with one attached hydrogen (secondary N) is 1. The zero-order chi connectivity index (χ0) is 16.7. The van der Waals surface area contributed by atoms with Crippen molar-refractivity contribution in [3.8, 4) is 0 Å². The molecule has 2 aliphatic heterocycles. The lowest BCUT2D eigenvalue weighted by Crippen LogP contribution is -2.49. The van der Waals surface area contributed by atoms with Crippen molar-refractivity contribution in [3.05, 3.63) is 60.2 Å². The van der Waals surface area contributed by atoms with Crippen molar-refractivity contribution >= 4 is 23.6 Å². The van der Waals surface area contributed by atoms with E-state index in [0.29, 0.717) is 18.6 Å². The number of fused-ring (bicyclic) bond motifs is 1. The minimum atomic E-state index is -0.566. The van der Waals surface area contributed by atoms with E-state index in [1.807, 2.05) is 12.1 Å². The molecule has 2 aromatic rings. The second kappa shape index (κ2) is 5.66. The summed E-state index contributed by atoms with van der Waals surface area (Å²) < 4.78 is 14.8. The monoisotopic (exact) mass is 345 g/mol. The van der Waals surface area contributed by atoms with Crippen LogP contribution in [0.1, 0.15) is 18.4 Å². The van der Waals surface area contributed by atoms with E-state index in [9.17, 15) is 14.0 Å². The number of halogens is 1. The molecule has 1 aromatic heterocycles. The van der Waals surface area contributed by atoms with Gasteiger partial charge in [0.1, 0.15) is 16.7 Å². The maximum Gasteiger partial charge on any atom is 0.262 e. The Labute approximate surface area is 142 Å². The van der Waals surface area contributed by atoms with Gasteiger partial charge in [0.05, 0.1) is 0 Å². The minimum absolute atomic E-state index is 0.0306. The molecule has 24 heavy (non-hydrogen) atoms. The van der Waals surface area contributed by atoms with Gasteiger partial charge in [-0.3, -0.25) is 19.7 Å². The highest BCUT2D eigenvalue weighted by molar-refractivity contribution is 8.00. The Balaban J connectivity index is 1.64. The van der Waals surface area contributed by atoms with Gasteiger partial charge < -0.3 is 4.90 Å². The zero-order valence-corrected chi connectivity index (χ0v) is 13.6. The van der Waals surface area contributed by atoms with Gasteiger partial charge in [-0.25, -0.2) is 4.39 Å². The first-order valence-electron chi connectivity index (χ1n) is 7.76. The van der Waals surface area contributed by atoms with Gasteiger partial charge in [-0.05, 0) is 36.2 Å². The van der Waals surface area contributed by atoms with Gasteiger partial charge in [-0.15, -0.1) is 11.8 Å². The lowest BCUT2D eigenvalue weighted by Gasteiger charge is -2.34. The number of aromatic nitrogens is 1. The quantitative estimate of drug-likeness (QED) is 0.929. The molecule has 0 bridgehead atoms. The Morgan fingerprint density at radius 1 is 1.25 bits per heavy atom. The lowest BCUT2D eigenvalue weighted by molar-refractivity contribution is -0.136. The van der Waals surface area contributed by atoms with E-state index in [0.717, 1.165) is 5.56 Å². The standard InChI is InChI=1S/C17H16FN3O2S/c18-13-5-3-12(4-6-13)17-8-7-15(22)21(17)14(11-24-17)16(23)19-20-9-1-2-10-20/h1-6,9-10,14H,7-8,11H2,(H,19,23)/t14-,17+/m0/s1. The van der Waals surface area contributed by atoms with Crippen molar-refractivity contribution in [2.45, 2.75) is 23.8 Å². The highest BCUT2D eigenvalue weighted by atomic mass is 32.2. The number of thioether (sulfide) groups is 1. The second-order valence-electron chi connectivity index (χ2n) is 5.95. The summed E-state index contributed by atoms with van der Waals surface area (Å²) in [5.74, 6) is -0.0261. The minimum Gasteiger partial charge on any atom is -0.311 e. The molecule has 2 fully saturated rings. The van der Waals surface area contributed by atoms with Crippen LogP contribution in [0.5, 0.6) is 0 Å². The summed E-state index contributed by atoms with van der Waals surface area (Å²) in [5.41, 5.74) is 3.66. The summed E-state index contributed by atoms with van der Waals surface area (Å²) in [6, 6.07) is 9.32. The van der Waals surface area contributed by atoms with Crippen LogP contribution in [0.25, 0.3) is 0 Å². The number of hydrogen-bond donors (Lipinski definition) is 1. The molecule has 7 heteroatoms. The molecule has 2 aliphatic rings. The van der Waals surface area contributed by atoms with E-state index in [2.05, 4.69) is 5.43 Å². The molecule has 4 rings (SSSR count). The van der Waals surface area contributed by atoms with E-state index in [4.69, 9.17) is 0 Å². The SMILES string of the molecule is O=C(Nn1cccc1)[C@@H]1CS[C@@]2(c3ccc(F)cc3)CCC(=O)N12. The Morgan fingerprint density at radius 2 is 1.96 bits per heavy atom. The number of carbonyl (C=O) groups excluding carboxylic acids is 2. The van der Waals surface area contributed by atoms with E-state index in [1.54, 1.807) is 45.9 Å². The third-order valence-electron chi connectivity index (χ3n) is 4.57. The Kier molecular flexibility index (Phi) is 3.60. The Morgan fingerprint density at radius 3 is 2.67 bits per heavy atom. The molecule has 0 aliphatic carbocycles. The number of amides is 2. The largest absolute Gasteiger partial charge is 0.311 e. The van der Waals surface area contributed by atoms with Gasteiger partial charge in [0.15, 0.2) is 0 Å². The molecule has 3 heterocycles. The van der Waals surface area contributed by atoms with Crippen LogP contribution in [0.15, 0.2) is 48.8 Å². The highest BCUT2D eigenvalue weighted by Gasteiger charge is 2.56. The molecule has 0 radical (unpaired) electrons. The molecular formula is C17H16FN3O2S. The van der Waals surface area contributed by atoms with Crippen molar-refractivity contribution < 1.29 is 14.0 Å². The number of carbonyl (C=O) groups is 2. The van der Waals surface area contributed by atoms with E-state index >= 15 is 0 Å². The fraction of sp³-hybridized carbons (Fsp3) is 0.294. The molecule has 1 aromatic carbocycles. The average Bonchev–Trinajstić information content (AvgIpc) is 3.27. The molecule has 1 N–H and O–H groups in total. The van der Waals surface area contributed by atoms with Crippen LogP contribution in [-0.4, -0.2) is 33.2 Å². The normalized spacial score (nSPS) is 25.8. The topological polar surface area (TPSA) is 54.3 Å². The number of rotatable bonds is 3. The third kappa shape index (κ3) is 2.31. The summed E-state index contributed by atoms with van der Waals surface area (Å²) in [7, 11) is 0. The number of benzene rings is 1. The highest BCUT2D eigenvalue weighted by Crippen LogP contribution is 2.54. The van der Waals surface area contributed by atoms with Crippen LogP contribution in [-0.2, 0) is 14.5 Å². The van der Waals surface area contributed by atoms with Crippen LogP contribution in [0.3, 0.4) is 0 Å². The molecule has 2 atom stereocenters. The molecular weight excluding hydrogens is 329 g/mol. The lowest BCUT2D eigenvalue weighted by atomic mass is 10.0. The maximum atomic E-state index is 13.3. The first kappa shape index (κ1) is 15.3. The summed E-state index contributed by atoms with van der Waals surface area (Å²) in [6.07, 6.45) is 4.51. The van der Waals surface area contributed by atoms with Crippen molar-refractivity contribution in [1.29, 1.82) is 0 Å². The van der Waals surface area contributed by atoms with Gasteiger partial charge in [0, 0.05) is 24.6 Å². The summed E-state index contributed by atoms with van der Waals surface area (Å²) in [6.45, 7) is 0. The van der Waals surface area contributed by atoms with Gasteiger partial charge >= 0.3 is 0 Å². The van der Waals surface area contributed by atoms with Gasteiger partial charge in [0.2, 0.25) is 5.91 Å². The Bertz CT molecular complexity index is 778. The van der Waals surface area contributed by atoms with Crippen LogP contribution in [0.2, 0.25) is 0 Å². The summed E-state index contributed by atoms with van der Waals surface area (Å²) in [4.78, 5) is 26.2. The number of hydrogen-bond acceptors (Lipinski definition) is 3. The van der Waals surface area contributed by atoms with Crippen molar-refractivity contribution in [3.63, 3.8) is 0 Å². The Hall–Kier alpha value is -2.28. The summed E-state index contributed by atoms with van der Waals surface area (Å²) in [5, 5.41) is 0. The molecule has 0 unspecified atom stereocenters. The van der Waals surface area contributed by atoms with Crippen LogP contribution in [0.4, 0.5) is 4.39 Å². The maximum absolute atomic E-state index is 13.3. The molecule has 2 saturated heterocycles. The van der Waals surface area contributed by atoms with Crippen LogP contribution >= 0.6 is 11.8 Å². The van der Waals surface area contributed by atoms with E-state index < -0.39 is 10.9 Å². The van der Waals surface area contributed by atoms with Crippen LogP contribution in [0, 0.1) is 5.82 Å². The average molecular weight is 345 g/mol. The van der Waals surface area contributed by atoms with E-state index in [1.165, 1.54) is 12.1 Å². The van der Waals surface area contributed by atoms with Gasteiger partial charge in [-0.2, -0.15) is 0 Å². The first-order chi connectivity index (χ1) is 11.6. The predicted octanol–water partition coefficient (Wildman–Crippen LogP) is 2.29. The molecule has 124 valence electrons. The zero-order valence-electron chi connectivity index (χ0n) is 12.8. The number of nitrogens with zero attached hydrogens (tertiary/aromatic N) is 2. The fourth-order valence-corrected chi connectivity index (χ4v) is 5.11. The van der Waals surface area contributed by atoms with E-state index in [-0.39, 0.29) is 17.6 Å². The summed E-state index contributed by atoms with van der Waals surface area (Å²) >= 11 is 1.58. The second-order valence-corrected chi connectivity index (χ2v) is 7.25. The third-order valence-corrected chi connectivity index (χ3v) is 6.17. The van der Waals surface area contributed by atoms with Gasteiger partial charge in [-0.1, -0.05) is 12.1 Å². The van der Waals surface area contributed by atoms with Crippen LogP contribution < -0.4 is 5.43 Å². The van der Waals surface area contributed by atoms with Crippen molar-refractivity contribution in [2.75, 3.05) is 11.2 Å². The van der Waals surface area contributed by atoms with Gasteiger partial charge in [0.25, 0.3) is 5.91 Å². The first-order valence-corrected chi connectivity index (χ1v) is 8.75. The van der Waals surface area contributed by atoms with Crippen molar-refractivity contribution in [1.82, 2.24) is 9.58 Å². The molecule has 0 spiro atoms. The molecule has 2 amide bonds.